The maximum absolute atomic E-state index is 12.9. The second-order valence-electron chi connectivity index (χ2n) is 8.67. The van der Waals surface area contributed by atoms with Gasteiger partial charge < -0.3 is 10.1 Å². The fraction of sp³-hybridized carbons (Fsp3) is 0.233. The van der Waals surface area contributed by atoms with Gasteiger partial charge in [0, 0.05) is 9.13 Å². The van der Waals surface area contributed by atoms with Gasteiger partial charge >= 0.3 is 0 Å². The summed E-state index contributed by atoms with van der Waals surface area (Å²) in [6.45, 7) is 4.07. The van der Waals surface area contributed by atoms with Gasteiger partial charge in [-0.05, 0) is 95.8 Å². The summed E-state index contributed by atoms with van der Waals surface area (Å²) in [4.78, 5) is 22.9. The molecule has 0 spiro atoms. The summed E-state index contributed by atoms with van der Waals surface area (Å²) in [5.74, 6) is 1.26. The molecule has 0 unspecified atom stereocenters. The predicted molar refractivity (Wildman–Crippen MR) is 153 cm³/mol. The molecule has 0 aliphatic heterocycles. The average molecular weight is 591 g/mol. The summed E-state index contributed by atoms with van der Waals surface area (Å²) in [5, 5.41) is 3.04. The van der Waals surface area contributed by atoms with Crippen molar-refractivity contribution in [1.82, 2.24) is 9.97 Å². The minimum Gasteiger partial charge on any atom is -0.497 e. The smallest absolute Gasteiger partial charge is 0.229 e. The van der Waals surface area contributed by atoms with E-state index in [9.17, 15) is 4.79 Å². The number of carbonyl (C=O) groups is 1. The van der Waals surface area contributed by atoms with Crippen molar-refractivity contribution in [1.29, 1.82) is 0 Å². The van der Waals surface area contributed by atoms with E-state index in [1.54, 1.807) is 7.11 Å². The van der Waals surface area contributed by atoms with Crippen LogP contribution in [-0.4, -0.2) is 23.0 Å². The van der Waals surface area contributed by atoms with E-state index in [4.69, 9.17) is 14.7 Å². The Labute approximate surface area is 226 Å². The number of hydrogen-bond acceptors (Lipinski definition) is 4. The third-order valence-electron chi connectivity index (χ3n) is 6.12. The van der Waals surface area contributed by atoms with E-state index in [0.717, 1.165) is 55.9 Å². The normalized spacial score (nSPS) is 10.8. The number of amides is 1. The topological polar surface area (TPSA) is 64.1 Å². The van der Waals surface area contributed by atoms with E-state index in [0.29, 0.717) is 12.2 Å². The minimum atomic E-state index is -0.0997. The number of benzene rings is 3. The number of nitrogens with one attached hydrogen (secondary N) is 1. The van der Waals surface area contributed by atoms with Gasteiger partial charge in [0.05, 0.1) is 30.6 Å². The first-order valence-electron chi connectivity index (χ1n) is 12.1. The average Bonchev–Trinajstić information content (AvgIpc) is 2.90. The lowest BCUT2D eigenvalue weighted by Crippen LogP contribution is -2.18. The maximum Gasteiger partial charge on any atom is 0.229 e. The van der Waals surface area contributed by atoms with E-state index in [1.807, 2.05) is 61.5 Å². The summed E-state index contributed by atoms with van der Waals surface area (Å²) in [7, 11) is 1.68. The zero-order valence-electron chi connectivity index (χ0n) is 20.8. The third kappa shape index (κ3) is 6.49. The van der Waals surface area contributed by atoms with Crippen LogP contribution in [0.3, 0.4) is 0 Å². The summed E-state index contributed by atoms with van der Waals surface area (Å²) < 4.78 is 6.56. The quantitative estimate of drug-likeness (QED) is 0.223. The van der Waals surface area contributed by atoms with Gasteiger partial charge in [-0.3, -0.25) is 4.79 Å². The van der Waals surface area contributed by atoms with Gasteiger partial charge in [-0.2, -0.15) is 0 Å². The molecular formula is C30H30IN3O2. The highest BCUT2D eigenvalue weighted by molar-refractivity contribution is 14.1. The van der Waals surface area contributed by atoms with Gasteiger partial charge in [-0.25, -0.2) is 9.97 Å². The molecule has 184 valence electrons. The molecule has 0 bridgehead atoms. The van der Waals surface area contributed by atoms with Gasteiger partial charge in [0.25, 0.3) is 0 Å². The SMILES string of the molecule is CCc1cc(OC)ccc1-c1nc(CCc2ccccc2)c(NC(=O)Cc2ccc(I)cc2)nc1C. The monoisotopic (exact) mass is 591 g/mol. The molecule has 4 aromatic rings. The van der Waals surface area contributed by atoms with Crippen molar-refractivity contribution in [3.8, 4) is 17.0 Å². The molecule has 0 atom stereocenters. The van der Waals surface area contributed by atoms with E-state index < -0.39 is 0 Å². The third-order valence-corrected chi connectivity index (χ3v) is 6.84. The second-order valence-corrected chi connectivity index (χ2v) is 9.91. The van der Waals surface area contributed by atoms with Crippen LogP contribution in [0.5, 0.6) is 5.75 Å². The molecule has 0 aliphatic carbocycles. The number of hydrogen-bond donors (Lipinski definition) is 1. The molecule has 0 radical (unpaired) electrons. The number of aromatic nitrogens is 2. The van der Waals surface area contributed by atoms with Crippen molar-refractivity contribution in [3.05, 3.63) is 104 Å². The molecule has 6 heteroatoms. The zero-order chi connectivity index (χ0) is 25.5. The number of halogens is 1. The van der Waals surface area contributed by atoms with Crippen LogP contribution >= 0.6 is 22.6 Å². The van der Waals surface area contributed by atoms with Gasteiger partial charge in [-0.1, -0.05) is 49.4 Å². The molecule has 3 aromatic carbocycles. The Hall–Kier alpha value is -3.26. The largest absolute Gasteiger partial charge is 0.497 e. The molecular weight excluding hydrogens is 561 g/mol. The standard InChI is InChI=1S/C30H30IN3O2/c1-4-23-19-25(36-3)15-16-26(23)29-20(2)32-30(27(33-29)17-12-21-8-6-5-7-9-21)34-28(35)18-22-10-13-24(31)14-11-22/h5-11,13-16,19H,4,12,17-18H2,1-3H3,(H,32,34,35). The fourth-order valence-corrected chi connectivity index (χ4v) is 4.54. The first kappa shape index (κ1) is 25.8. The molecule has 0 fully saturated rings. The number of rotatable bonds is 9. The van der Waals surface area contributed by atoms with Gasteiger partial charge in [0.2, 0.25) is 5.91 Å². The maximum atomic E-state index is 12.9. The Morgan fingerprint density at radius 2 is 1.69 bits per heavy atom. The molecule has 4 rings (SSSR count). The number of anilines is 1. The number of ether oxygens (including phenoxy) is 1. The van der Waals surface area contributed by atoms with Gasteiger partial charge in [0.15, 0.2) is 5.82 Å². The fourth-order valence-electron chi connectivity index (χ4n) is 4.18. The Balaban J connectivity index is 1.67. The Kier molecular flexibility index (Phi) is 8.70. The van der Waals surface area contributed by atoms with E-state index in [-0.39, 0.29) is 12.3 Å². The summed E-state index contributed by atoms with van der Waals surface area (Å²) in [5.41, 5.74) is 6.78. The highest BCUT2D eigenvalue weighted by Gasteiger charge is 2.17. The van der Waals surface area contributed by atoms with E-state index in [1.165, 1.54) is 5.56 Å². The molecule has 1 N–H and O–H groups in total. The Morgan fingerprint density at radius 3 is 2.39 bits per heavy atom. The van der Waals surface area contributed by atoms with E-state index >= 15 is 0 Å². The predicted octanol–water partition coefficient (Wildman–Crippen LogP) is 6.59. The van der Waals surface area contributed by atoms with E-state index in [2.05, 4.69) is 53.0 Å². The van der Waals surface area contributed by atoms with Crippen molar-refractivity contribution in [2.75, 3.05) is 12.4 Å². The lowest BCUT2D eigenvalue weighted by molar-refractivity contribution is -0.115. The van der Waals surface area contributed by atoms with Crippen LogP contribution in [0.4, 0.5) is 5.82 Å². The Bertz CT molecular complexity index is 1340. The molecule has 1 heterocycles. The number of methoxy groups -OCH3 is 1. The molecule has 0 saturated carbocycles. The van der Waals surface area contributed by atoms with Gasteiger partial charge in [-0.15, -0.1) is 0 Å². The van der Waals surface area contributed by atoms with Crippen LogP contribution in [-0.2, 0) is 30.5 Å². The van der Waals surface area contributed by atoms with Crippen LogP contribution in [0.1, 0.15) is 35.0 Å². The van der Waals surface area contributed by atoms with Crippen molar-refractivity contribution in [3.63, 3.8) is 0 Å². The van der Waals surface area contributed by atoms with Crippen LogP contribution in [0.2, 0.25) is 0 Å². The Morgan fingerprint density at radius 1 is 0.944 bits per heavy atom. The number of nitrogens with zero attached hydrogens (tertiary/aromatic N) is 2. The van der Waals surface area contributed by atoms with Crippen LogP contribution in [0, 0.1) is 10.5 Å². The molecule has 1 aromatic heterocycles. The van der Waals surface area contributed by atoms with Crippen molar-refractivity contribution in [2.24, 2.45) is 0 Å². The summed E-state index contributed by atoms with van der Waals surface area (Å²) in [6, 6.07) is 24.3. The highest BCUT2D eigenvalue weighted by atomic mass is 127. The number of carbonyl (C=O) groups excluding carboxylic acids is 1. The van der Waals surface area contributed by atoms with Crippen LogP contribution < -0.4 is 10.1 Å². The number of aryl methyl sites for hydroxylation is 4. The van der Waals surface area contributed by atoms with Crippen molar-refractivity contribution >= 4 is 34.3 Å². The molecule has 5 nitrogen and oxygen atoms in total. The molecule has 0 saturated heterocycles. The van der Waals surface area contributed by atoms with Crippen LogP contribution in [0.25, 0.3) is 11.3 Å². The second kappa shape index (κ2) is 12.1. The molecule has 36 heavy (non-hydrogen) atoms. The highest BCUT2D eigenvalue weighted by Crippen LogP contribution is 2.30. The van der Waals surface area contributed by atoms with Crippen LogP contribution in [0.15, 0.2) is 72.8 Å². The van der Waals surface area contributed by atoms with Gasteiger partial charge in [0.1, 0.15) is 5.75 Å². The zero-order valence-corrected chi connectivity index (χ0v) is 23.0. The molecule has 1 amide bonds. The van der Waals surface area contributed by atoms with Crippen molar-refractivity contribution < 1.29 is 9.53 Å². The van der Waals surface area contributed by atoms with Crippen molar-refractivity contribution in [2.45, 2.75) is 39.5 Å². The summed E-state index contributed by atoms with van der Waals surface area (Å²) >= 11 is 2.26. The molecule has 0 aliphatic rings. The first-order valence-corrected chi connectivity index (χ1v) is 13.2. The first-order chi connectivity index (χ1) is 17.5. The minimum absolute atomic E-state index is 0.0997. The lowest BCUT2D eigenvalue weighted by atomic mass is 10.00. The lowest BCUT2D eigenvalue weighted by Gasteiger charge is -2.16. The summed E-state index contributed by atoms with van der Waals surface area (Å²) in [6.07, 6.45) is 2.61.